The number of aliphatic hydroxyl groups excluding tert-OH is 4. The molecule has 1 unspecified atom stereocenters. The third-order valence-electron chi connectivity index (χ3n) is 4.65. The van der Waals surface area contributed by atoms with E-state index in [4.69, 9.17) is 9.47 Å². The summed E-state index contributed by atoms with van der Waals surface area (Å²) >= 11 is 1.67. The molecule has 1 aliphatic rings. The Labute approximate surface area is 161 Å². The van der Waals surface area contributed by atoms with Gasteiger partial charge < -0.3 is 29.9 Å². The van der Waals surface area contributed by atoms with Crippen molar-refractivity contribution in [1.29, 1.82) is 0 Å². The van der Waals surface area contributed by atoms with Crippen LogP contribution in [0.4, 0.5) is 0 Å². The number of aromatic nitrogens is 2. The molecular weight excluding hydrogens is 372 g/mol. The molecule has 5 atom stereocenters. The van der Waals surface area contributed by atoms with Crippen LogP contribution in [0, 0.1) is 6.92 Å². The molecule has 2 aromatic rings. The maximum Gasteiger partial charge on any atom is 0.238 e. The number of thioether (sulfide) groups is 1. The Morgan fingerprint density at radius 2 is 1.85 bits per heavy atom. The summed E-state index contributed by atoms with van der Waals surface area (Å²) in [5, 5.41) is 46.2. The van der Waals surface area contributed by atoms with Gasteiger partial charge in [0.15, 0.2) is 0 Å². The minimum Gasteiger partial charge on any atom is -0.443 e. The van der Waals surface area contributed by atoms with Crippen molar-refractivity contribution in [2.75, 3.05) is 12.9 Å². The van der Waals surface area contributed by atoms with E-state index >= 15 is 0 Å². The molecular formula is C18H24N2O6S. The zero-order valence-corrected chi connectivity index (χ0v) is 15.9. The Bertz CT molecular complexity index is 751. The predicted octanol–water partition coefficient (Wildman–Crippen LogP) is 0.210. The lowest BCUT2D eigenvalue weighted by Crippen LogP contribution is -2.60. The molecule has 2 heterocycles. The van der Waals surface area contributed by atoms with Gasteiger partial charge in [-0.25, -0.2) is 0 Å². The van der Waals surface area contributed by atoms with E-state index in [1.165, 1.54) is 4.90 Å². The largest absolute Gasteiger partial charge is 0.443 e. The smallest absolute Gasteiger partial charge is 0.238 e. The molecule has 0 bridgehead atoms. The van der Waals surface area contributed by atoms with Crippen molar-refractivity contribution in [1.82, 2.24) is 10.2 Å². The van der Waals surface area contributed by atoms with Crippen LogP contribution in [-0.4, -0.2) is 74.2 Å². The number of aromatic amines is 1. The predicted molar refractivity (Wildman–Crippen MR) is 98.7 cm³/mol. The maximum atomic E-state index is 10.1. The summed E-state index contributed by atoms with van der Waals surface area (Å²) in [6, 6.07) is 8.12. The summed E-state index contributed by atoms with van der Waals surface area (Å²) in [6.45, 7) is 1.35. The standard InChI is InChI=1S/C18H24N2O6S/c1-9-12(7-10-3-5-11(27-2)6-4-10)17(20-19-9)26-18-16(24)15(23)14(22)13(8-21)25-18/h3-6,13-16,18,21-24H,7-8H2,1-2H3,(H,19,20)/t13-,14-,15+,16-,18?/m1/s1. The van der Waals surface area contributed by atoms with Gasteiger partial charge in [0.2, 0.25) is 12.2 Å². The second-order valence-corrected chi connectivity index (χ2v) is 7.35. The molecule has 5 N–H and O–H groups in total. The third-order valence-corrected chi connectivity index (χ3v) is 5.40. The lowest BCUT2D eigenvalue weighted by molar-refractivity contribution is -0.278. The second-order valence-electron chi connectivity index (χ2n) is 6.47. The Kier molecular flexibility index (Phi) is 6.40. The highest BCUT2D eigenvalue weighted by molar-refractivity contribution is 7.98. The molecule has 1 fully saturated rings. The Hall–Kier alpha value is -1.62. The van der Waals surface area contributed by atoms with Gasteiger partial charge in [0.25, 0.3) is 0 Å². The Morgan fingerprint density at radius 1 is 1.15 bits per heavy atom. The van der Waals surface area contributed by atoms with Gasteiger partial charge in [-0.3, -0.25) is 5.10 Å². The summed E-state index contributed by atoms with van der Waals surface area (Å²) in [5.74, 6) is 0.241. The minimum absolute atomic E-state index is 0.241. The summed E-state index contributed by atoms with van der Waals surface area (Å²) in [7, 11) is 0. The number of aryl methyl sites for hydroxylation is 1. The molecule has 8 nitrogen and oxygen atoms in total. The summed E-state index contributed by atoms with van der Waals surface area (Å²) in [4.78, 5) is 1.17. The van der Waals surface area contributed by atoms with Crippen LogP contribution in [0.5, 0.6) is 5.88 Å². The highest BCUT2D eigenvalue weighted by atomic mass is 32.2. The van der Waals surface area contributed by atoms with Crippen LogP contribution in [0.3, 0.4) is 0 Å². The summed E-state index contributed by atoms with van der Waals surface area (Å²) < 4.78 is 11.1. The molecule has 0 spiro atoms. The number of hydrogen-bond acceptors (Lipinski definition) is 8. The van der Waals surface area contributed by atoms with Crippen molar-refractivity contribution >= 4 is 11.8 Å². The monoisotopic (exact) mass is 396 g/mol. The van der Waals surface area contributed by atoms with Crippen LogP contribution in [0.1, 0.15) is 16.8 Å². The van der Waals surface area contributed by atoms with E-state index in [0.29, 0.717) is 6.42 Å². The van der Waals surface area contributed by atoms with Crippen molar-refractivity contribution in [2.24, 2.45) is 0 Å². The summed E-state index contributed by atoms with van der Waals surface area (Å²) in [6.07, 6.45) is -4.13. The first-order chi connectivity index (χ1) is 12.9. The number of rotatable bonds is 6. The first-order valence-electron chi connectivity index (χ1n) is 8.58. The third kappa shape index (κ3) is 4.29. The molecule has 0 amide bonds. The van der Waals surface area contributed by atoms with Crippen LogP contribution < -0.4 is 4.74 Å². The average Bonchev–Trinajstić information content (AvgIpc) is 3.02. The lowest BCUT2D eigenvalue weighted by Gasteiger charge is -2.39. The van der Waals surface area contributed by atoms with Crippen LogP contribution in [0.25, 0.3) is 0 Å². The molecule has 0 radical (unpaired) electrons. The van der Waals surface area contributed by atoms with E-state index in [1.807, 2.05) is 37.4 Å². The first kappa shape index (κ1) is 20.1. The maximum absolute atomic E-state index is 10.1. The number of H-pyrrole nitrogens is 1. The molecule has 0 saturated carbocycles. The summed E-state index contributed by atoms with van der Waals surface area (Å²) in [5.41, 5.74) is 2.67. The molecule has 148 valence electrons. The van der Waals surface area contributed by atoms with Crippen LogP contribution in [0.15, 0.2) is 29.2 Å². The highest BCUT2D eigenvalue weighted by Gasteiger charge is 2.45. The molecule has 1 saturated heterocycles. The topological polar surface area (TPSA) is 128 Å². The van der Waals surface area contributed by atoms with Crippen molar-refractivity contribution in [3.05, 3.63) is 41.1 Å². The van der Waals surface area contributed by atoms with Gasteiger partial charge in [-0.05, 0) is 30.9 Å². The molecule has 27 heavy (non-hydrogen) atoms. The van der Waals surface area contributed by atoms with Gasteiger partial charge >= 0.3 is 0 Å². The normalized spacial score (nSPS) is 28.3. The molecule has 1 aromatic heterocycles. The van der Waals surface area contributed by atoms with Crippen molar-refractivity contribution in [3.8, 4) is 5.88 Å². The van der Waals surface area contributed by atoms with E-state index in [0.717, 1.165) is 16.8 Å². The quantitative estimate of drug-likeness (QED) is 0.439. The van der Waals surface area contributed by atoms with Gasteiger partial charge in [-0.1, -0.05) is 12.1 Å². The molecule has 1 aromatic carbocycles. The van der Waals surface area contributed by atoms with E-state index in [9.17, 15) is 20.4 Å². The lowest BCUT2D eigenvalue weighted by atomic mass is 9.99. The molecule has 3 rings (SSSR count). The van der Waals surface area contributed by atoms with Gasteiger partial charge in [-0.15, -0.1) is 16.9 Å². The fourth-order valence-electron chi connectivity index (χ4n) is 2.96. The van der Waals surface area contributed by atoms with Gasteiger partial charge in [0.1, 0.15) is 24.4 Å². The van der Waals surface area contributed by atoms with Crippen molar-refractivity contribution in [3.63, 3.8) is 0 Å². The zero-order valence-electron chi connectivity index (χ0n) is 15.1. The SMILES string of the molecule is CSc1ccc(Cc2c(OC3O[C@H](CO)[C@@H](O)[C@H](O)[C@H]3O)n[nH]c2C)cc1. The first-order valence-corrected chi connectivity index (χ1v) is 9.81. The fourth-order valence-corrected chi connectivity index (χ4v) is 3.37. The molecule has 0 aliphatic carbocycles. The van der Waals surface area contributed by atoms with Crippen LogP contribution in [0.2, 0.25) is 0 Å². The van der Waals surface area contributed by atoms with E-state index < -0.39 is 37.3 Å². The van der Waals surface area contributed by atoms with E-state index in [1.54, 1.807) is 11.8 Å². The molecule has 9 heteroatoms. The number of nitrogens with zero attached hydrogens (tertiary/aromatic N) is 1. The van der Waals surface area contributed by atoms with E-state index in [-0.39, 0.29) is 5.88 Å². The van der Waals surface area contributed by atoms with Crippen molar-refractivity contribution < 1.29 is 29.9 Å². The number of ether oxygens (including phenoxy) is 2. The zero-order chi connectivity index (χ0) is 19.6. The minimum atomic E-state index is -1.50. The Balaban J connectivity index is 1.77. The number of nitrogens with one attached hydrogen (secondary N) is 1. The van der Waals surface area contributed by atoms with E-state index in [2.05, 4.69) is 10.2 Å². The van der Waals surface area contributed by atoms with Crippen LogP contribution in [-0.2, 0) is 11.2 Å². The van der Waals surface area contributed by atoms with Gasteiger partial charge in [0, 0.05) is 22.6 Å². The average molecular weight is 396 g/mol. The Morgan fingerprint density at radius 3 is 2.48 bits per heavy atom. The van der Waals surface area contributed by atoms with Crippen molar-refractivity contribution in [2.45, 2.75) is 48.9 Å². The number of hydrogen-bond donors (Lipinski definition) is 5. The number of aliphatic hydroxyl groups is 4. The number of benzene rings is 1. The van der Waals surface area contributed by atoms with Crippen LogP contribution >= 0.6 is 11.8 Å². The second kappa shape index (κ2) is 8.59. The molecule has 1 aliphatic heterocycles. The highest BCUT2D eigenvalue weighted by Crippen LogP contribution is 2.28. The van der Waals surface area contributed by atoms with Gasteiger partial charge in [0.05, 0.1) is 6.61 Å². The fraction of sp³-hybridized carbons (Fsp3) is 0.500. The van der Waals surface area contributed by atoms with Gasteiger partial charge in [-0.2, -0.15) is 0 Å².